The number of hydrogen-bond acceptors (Lipinski definition) is 5. The van der Waals surface area contributed by atoms with Gasteiger partial charge in [0.2, 0.25) is 15.9 Å². The van der Waals surface area contributed by atoms with Gasteiger partial charge in [-0.2, -0.15) is 4.31 Å². The molecule has 0 bridgehead atoms. The zero-order valence-corrected chi connectivity index (χ0v) is 14.4. The van der Waals surface area contributed by atoms with E-state index in [0.29, 0.717) is 16.5 Å². The normalized spacial score (nSPS) is 15.8. The van der Waals surface area contributed by atoms with Gasteiger partial charge in [-0.15, -0.1) is 0 Å². The van der Waals surface area contributed by atoms with E-state index in [2.05, 4.69) is 4.98 Å². The first-order chi connectivity index (χ1) is 11.4. The Labute approximate surface area is 145 Å². The van der Waals surface area contributed by atoms with Gasteiger partial charge in [0.15, 0.2) is 5.78 Å². The fourth-order valence-electron chi connectivity index (χ4n) is 2.31. The maximum absolute atomic E-state index is 12.6. The molecule has 0 spiro atoms. The topological polar surface area (TPSA) is 76.6 Å². The molecule has 1 saturated heterocycles. The molecule has 1 aliphatic rings. The summed E-state index contributed by atoms with van der Waals surface area (Å²) < 4.78 is 32.0. The summed E-state index contributed by atoms with van der Waals surface area (Å²) in [5.74, 6) is 0.112. The van der Waals surface area contributed by atoms with Crippen LogP contribution in [0.15, 0.2) is 47.5 Å². The van der Waals surface area contributed by atoms with Crippen LogP contribution in [0.25, 0.3) is 0 Å². The number of carbonyl (C=O) groups is 1. The van der Waals surface area contributed by atoms with E-state index in [-0.39, 0.29) is 29.9 Å². The van der Waals surface area contributed by atoms with E-state index in [1.54, 1.807) is 30.5 Å². The maximum atomic E-state index is 12.6. The first-order valence-corrected chi connectivity index (χ1v) is 9.08. The summed E-state index contributed by atoms with van der Waals surface area (Å²) in [6.07, 6.45) is 1.25. The van der Waals surface area contributed by atoms with Crippen LogP contribution in [0.2, 0.25) is 5.02 Å². The quantitative estimate of drug-likeness (QED) is 0.759. The van der Waals surface area contributed by atoms with Gasteiger partial charge < -0.3 is 4.74 Å². The van der Waals surface area contributed by atoms with Crippen molar-refractivity contribution in [3.8, 4) is 5.88 Å². The molecule has 24 heavy (non-hydrogen) atoms. The van der Waals surface area contributed by atoms with E-state index in [0.717, 1.165) is 0 Å². The summed E-state index contributed by atoms with van der Waals surface area (Å²) in [5, 5.41) is 0.382. The average Bonchev–Trinajstić information content (AvgIpc) is 2.52. The van der Waals surface area contributed by atoms with Crippen molar-refractivity contribution >= 4 is 27.4 Å². The van der Waals surface area contributed by atoms with Gasteiger partial charge in [0.25, 0.3) is 0 Å². The molecule has 1 aromatic carbocycles. The molecule has 1 aromatic heterocycles. The number of benzene rings is 1. The van der Waals surface area contributed by atoms with Crippen molar-refractivity contribution in [1.82, 2.24) is 9.29 Å². The van der Waals surface area contributed by atoms with Crippen molar-refractivity contribution in [1.29, 1.82) is 0 Å². The van der Waals surface area contributed by atoms with Crippen LogP contribution in [-0.2, 0) is 10.0 Å². The molecule has 126 valence electrons. The summed E-state index contributed by atoms with van der Waals surface area (Å²) in [6, 6.07) is 9.36. The highest BCUT2D eigenvalue weighted by molar-refractivity contribution is 7.89. The number of sulfonamides is 1. The number of Topliss-reactive ketones (excluding diaryl/α,β-unsaturated/α-hetero) is 1. The van der Waals surface area contributed by atoms with E-state index in [1.807, 2.05) is 0 Å². The van der Waals surface area contributed by atoms with Crippen LogP contribution in [0.3, 0.4) is 0 Å². The van der Waals surface area contributed by atoms with Gasteiger partial charge in [-0.3, -0.25) is 4.79 Å². The Bertz CT molecular complexity index is 879. The fraction of sp³-hybridized carbons (Fsp3) is 0.250. The second kappa shape index (κ2) is 6.51. The number of pyridine rings is 1. The molecule has 0 radical (unpaired) electrons. The van der Waals surface area contributed by atoms with Crippen molar-refractivity contribution in [3.05, 3.63) is 53.2 Å². The summed E-state index contributed by atoms with van der Waals surface area (Å²) >= 11 is 5.97. The number of rotatable bonds is 5. The van der Waals surface area contributed by atoms with Crippen LogP contribution in [0.5, 0.6) is 5.88 Å². The number of nitrogens with zero attached hydrogens (tertiary/aromatic N) is 2. The Kier molecular flexibility index (Phi) is 4.58. The van der Waals surface area contributed by atoms with Gasteiger partial charge in [0, 0.05) is 11.8 Å². The van der Waals surface area contributed by atoms with E-state index in [9.17, 15) is 13.2 Å². The Morgan fingerprint density at radius 1 is 1.29 bits per heavy atom. The van der Waals surface area contributed by atoms with Gasteiger partial charge >= 0.3 is 0 Å². The minimum Gasteiger partial charge on any atom is -0.470 e. The lowest BCUT2D eigenvalue weighted by Gasteiger charge is -2.37. The summed E-state index contributed by atoms with van der Waals surface area (Å²) in [7, 11) is -3.65. The first kappa shape index (κ1) is 16.9. The molecule has 2 aromatic rings. The molecule has 0 aliphatic carbocycles. The van der Waals surface area contributed by atoms with Crippen LogP contribution < -0.4 is 4.74 Å². The lowest BCUT2D eigenvalue weighted by Crippen LogP contribution is -2.56. The third kappa shape index (κ3) is 3.28. The third-order valence-electron chi connectivity index (χ3n) is 3.70. The molecule has 0 saturated carbocycles. The average molecular weight is 367 g/mol. The number of hydrogen-bond donors (Lipinski definition) is 0. The largest absolute Gasteiger partial charge is 0.470 e. The molecule has 0 unspecified atom stereocenters. The number of ether oxygens (including phenoxy) is 1. The Balaban J connectivity index is 1.69. The van der Waals surface area contributed by atoms with Gasteiger partial charge in [0.05, 0.1) is 18.0 Å². The molecule has 1 aliphatic heterocycles. The molecule has 3 rings (SSSR count). The van der Waals surface area contributed by atoms with Gasteiger partial charge in [-0.1, -0.05) is 23.7 Å². The van der Waals surface area contributed by atoms with Crippen LogP contribution in [0.4, 0.5) is 0 Å². The van der Waals surface area contributed by atoms with Crippen molar-refractivity contribution in [2.45, 2.75) is 17.9 Å². The maximum Gasteiger partial charge on any atom is 0.243 e. The van der Waals surface area contributed by atoms with Crippen LogP contribution in [0.1, 0.15) is 17.3 Å². The number of aromatic nitrogens is 1. The zero-order chi connectivity index (χ0) is 17.3. The van der Waals surface area contributed by atoms with E-state index < -0.39 is 10.0 Å². The first-order valence-electron chi connectivity index (χ1n) is 7.26. The second-order valence-corrected chi connectivity index (χ2v) is 7.78. The van der Waals surface area contributed by atoms with Crippen LogP contribution in [-0.4, -0.2) is 42.7 Å². The minimum atomic E-state index is -3.65. The van der Waals surface area contributed by atoms with E-state index in [4.69, 9.17) is 16.3 Å². The predicted octanol–water partition coefficient (Wildman–Crippen LogP) is 2.39. The lowest BCUT2D eigenvalue weighted by molar-refractivity contribution is 0.0722. The highest BCUT2D eigenvalue weighted by Gasteiger charge is 2.38. The highest BCUT2D eigenvalue weighted by Crippen LogP contribution is 2.27. The van der Waals surface area contributed by atoms with Crippen molar-refractivity contribution in [2.24, 2.45) is 0 Å². The standard InChI is InChI=1S/C16H15ClN2O4S/c1-11(20)12-4-2-5-14(8-12)24(21,22)19-9-13(10-19)23-16-15(17)6-3-7-18-16/h2-8,13H,9-10H2,1H3. The molecule has 6 nitrogen and oxygen atoms in total. The van der Waals surface area contributed by atoms with E-state index >= 15 is 0 Å². The van der Waals surface area contributed by atoms with Crippen molar-refractivity contribution < 1.29 is 17.9 Å². The number of ketones is 1. The SMILES string of the molecule is CC(=O)c1cccc(S(=O)(=O)N2CC(Oc3ncccc3Cl)C2)c1. The number of halogens is 1. The smallest absolute Gasteiger partial charge is 0.243 e. The van der Waals surface area contributed by atoms with Crippen LogP contribution in [0, 0.1) is 0 Å². The molecule has 0 amide bonds. The van der Waals surface area contributed by atoms with Crippen molar-refractivity contribution in [2.75, 3.05) is 13.1 Å². The molecule has 0 atom stereocenters. The lowest BCUT2D eigenvalue weighted by atomic mass is 10.2. The van der Waals surface area contributed by atoms with Crippen LogP contribution >= 0.6 is 11.6 Å². The summed E-state index contributed by atoms with van der Waals surface area (Å²) in [6.45, 7) is 1.81. The Hall–Kier alpha value is -1.96. The second-order valence-electron chi connectivity index (χ2n) is 5.44. The predicted molar refractivity (Wildman–Crippen MR) is 88.9 cm³/mol. The zero-order valence-electron chi connectivity index (χ0n) is 12.8. The van der Waals surface area contributed by atoms with E-state index in [1.165, 1.54) is 23.4 Å². The summed E-state index contributed by atoms with van der Waals surface area (Å²) in [4.78, 5) is 15.5. The minimum absolute atomic E-state index is 0.101. The monoisotopic (exact) mass is 366 g/mol. The highest BCUT2D eigenvalue weighted by atomic mass is 35.5. The molecule has 0 N–H and O–H groups in total. The Morgan fingerprint density at radius 3 is 2.71 bits per heavy atom. The Morgan fingerprint density at radius 2 is 2.04 bits per heavy atom. The third-order valence-corrected chi connectivity index (χ3v) is 5.81. The molecular formula is C16H15ClN2O4S. The molecule has 8 heteroatoms. The van der Waals surface area contributed by atoms with Gasteiger partial charge in [0.1, 0.15) is 11.1 Å². The summed E-state index contributed by atoms with van der Waals surface area (Å²) in [5.41, 5.74) is 0.365. The molecule has 1 fully saturated rings. The van der Waals surface area contributed by atoms with Gasteiger partial charge in [-0.05, 0) is 31.2 Å². The molecular weight excluding hydrogens is 352 g/mol. The number of carbonyl (C=O) groups excluding carboxylic acids is 1. The fourth-order valence-corrected chi connectivity index (χ4v) is 4.03. The van der Waals surface area contributed by atoms with Gasteiger partial charge in [-0.25, -0.2) is 13.4 Å². The van der Waals surface area contributed by atoms with Crippen molar-refractivity contribution in [3.63, 3.8) is 0 Å². The molecule has 2 heterocycles.